The fourth-order valence-electron chi connectivity index (χ4n) is 2.50. The van der Waals surface area contributed by atoms with Crippen molar-refractivity contribution in [1.29, 1.82) is 0 Å². The maximum absolute atomic E-state index is 11.2. The lowest BCUT2D eigenvalue weighted by Gasteiger charge is -2.15. The summed E-state index contributed by atoms with van der Waals surface area (Å²) >= 11 is 0. The van der Waals surface area contributed by atoms with Gasteiger partial charge in [-0.05, 0) is 50.1 Å². The van der Waals surface area contributed by atoms with Gasteiger partial charge in [-0.2, -0.15) is 4.98 Å². The number of carboxylic acids is 1. The third kappa shape index (κ3) is 3.68. The van der Waals surface area contributed by atoms with Gasteiger partial charge in [0.15, 0.2) is 0 Å². The molecule has 0 bridgehead atoms. The van der Waals surface area contributed by atoms with E-state index in [-0.39, 0.29) is 0 Å². The average molecular weight is 336 g/mol. The number of nitrogens with one attached hydrogen (secondary N) is 2. The van der Waals surface area contributed by atoms with Crippen molar-refractivity contribution in [1.82, 2.24) is 9.97 Å². The van der Waals surface area contributed by atoms with Crippen LogP contribution in [-0.4, -0.2) is 27.1 Å². The first-order valence-electron chi connectivity index (χ1n) is 8.04. The number of benzene rings is 2. The number of nitrogens with zero attached hydrogens (tertiary/aromatic N) is 2. The predicted molar refractivity (Wildman–Crippen MR) is 99.5 cm³/mol. The Morgan fingerprint density at radius 2 is 1.88 bits per heavy atom. The van der Waals surface area contributed by atoms with Crippen LogP contribution in [0.5, 0.6) is 0 Å². The number of anilines is 3. The highest BCUT2D eigenvalue weighted by atomic mass is 16.4. The molecule has 128 valence electrons. The molecule has 0 spiro atoms. The maximum atomic E-state index is 11.2. The molecule has 2 aromatic carbocycles. The van der Waals surface area contributed by atoms with Crippen LogP contribution in [0.15, 0.2) is 42.5 Å². The average Bonchev–Trinajstić information content (AvgIpc) is 2.58. The second-order valence-corrected chi connectivity index (χ2v) is 6.06. The molecule has 3 N–H and O–H groups in total. The number of aromatic nitrogens is 2. The summed E-state index contributed by atoms with van der Waals surface area (Å²) in [6.07, 6.45) is 0. The van der Waals surface area contributed by atoms with E-state index in [1.807, 2.05) is 56.3 Å². The summed E-state index contributed by atoms with van der Waals surface area (Å²) in [6, 6.07) is 12.9. The highest BCUT2D eigenvalue weighted by Gasteiger charge is 2.15. The number of carboxylic acid groups (broad SMARTS) is 1. The number of hydrogen-bond acceptors (Lipinski definition) is 5. The molecule has 6 nitrogen and oxygen atoms in total. The molecule has 0 radical (unpaired) electrons. The van der Waals surface area contributed by atoms with Crippen LogP contribution in [0, 0.1) is 13.8 Å². The number of aliphatic carboxylic acids is 1. The van der Waals surface area contributed by atoms with E-state index in [4.69, 9.17) is 5.11 Å². The van der Waals surface area contributed by atoms with Crippen molar-refractivity contribution >= 4 is 34.3 Å². The van der Waals surface area contributed by atoms with Crippen LogP contribution >= 0.6 is 0 Å². The van der Waals surface area contributed by atoms with Crippen molar-refractivity contribution in [2.75, 3.05) is 10.6 Å². The van der Waals surface area contributed by atoms with Crippen molar-refractivity contribution in [3.05, 3.63) is 53.6 Å². The molecule has 0 fully saturated rings. The molecule has 0 aliphatic rings. The van der Waals surface area contributed by atoms with Crippen molar-refractivity contribution in [2.45, 2.75) is 26.8 Å². The summed E-state index contributed by atoms with van der Waals surface area (Å²) in [5, 5.41) is 16.1. The molecule has 3 rings (SSSR count). The van der Waals surface area contributed by atoms with Crippen molar-refractivity contribution in [3.8, 4) is 0 Å². The van der Waals surface area contributed by atoms with Crippen LogP contribution in [0.2, 0.25) is 0 Å². The Morgan fingerprint density at radius 1 is 1.12 bits per heavy atom. The monoisotopic (exact) mass is 336 g/mol. The summed E-state index contributed by atoms with van der Waals surface area (Å²) in [5.74, 6) is -0.0208. The Labute approximate surface area is 145 Å². The quantitative estimate of drug-likeness (QED) is 0.655. The molecule has 25 heavy (non-hydrogen) atoms. The topological polar surface area (TPSA) is 87.1 Å². The van der Waals surface area contributed by atoms with Crippen LogP contribution < -0.4 is 10.6 Å². The number of aryl methyl sites for hydroxylation is 2. The van der Waals surface area contributed by atoms with E-state index in [0.717, 1.165) is 27.7 Å². The first-order valence-corrected chi connectivity index (χ1v) is 8.04. The van der Waals surface area contributed by atoms with E-state index in [9.17, 15) is 4.79 Å². The van der Waals surface area contributed by atoms with Gasteiger partial charge in [-0.3, -0.25) is 4.79 Å². The molecular formula is C19H20N4O2. The minimum absolute atomic E-state index is 0.424. The summed E-state index contributed by atoms with van der Waals surface area (Å²) < 4.78 is 0. The first kappa shape index (κ1) is 16.7. The van der Waals surface area contributed by atoms with Crippen LogP contribution in [-0.2, 0) is 4.79 Å². The van der Waals surface area contributed by atoms with Crippen LogP contribution in [0.1, 0.15) is 18.1 Å². The van der Waals surface area contributed by atoms with Crippen molar-refractivity contribution in [3.63, 3.8) is 0 Å². The lowest BCUT2D eigenvalue weighted by Crippen LogP contribution is -2.26. The molecular weight excluding hydrogens is 316 g/mol. The van der Waals surface area contributed by atoms with Crippen LogP contribution in [0.3, 0.4) is 0 Å². The van der Waals surface area contributed by atoms with Gasteiger partial charge in [0.05, 0.1) is 5.52 Å². The molecule has 1 aromatic heterocycles. The second kappa shape index (κ2) is 6.76. The number of hydrogen-bond donors (Lipinski definition) is 3. The Morgan fingerprint density at radius 3 is 2.64 bits per heavy atom. The normalized spacial score (nSPS) is 12.0. The minimum atomic E-state index is -0.938. The standard InChI is InChI=1S/C19H20N4O2/c1-11-8-9-12(2)16(10-11)22-19-21-15-7-5-4-6-14(15)17(23-19)20-13(3)18(24)25/h4-10,13H,1-3H3,(H,24,25)(H2,20,21,22,23). The Balaban J connectivity index is 2.04. The van der Waals surface area contributed by atoms with Gasteiger partial charge < -0.3 is 15.7 Å². The number of carbonyl (C=O) groups is 1. The third-order valence-electron chi connectivity index (χ3n) is 3.97. The van der Waals surface area contributed by atoms with Crippen LogP contribution in [0.4, 0.5) is 17.5 Å². The van der Waals surface area contributed by atoms with E-state index in [2.05, 4.69) is 20.6 Å². The predicted octanol–water partition coefficient (Wildman–Crippen LogP) is 3.88. The SMILES string of the molecule is Cc1ccc(C)c(Nc2nc(NC(C)C(=O)O)c3ccccc3n2)c1. The zero-order valence-corrected chi connectivity index (χ0v) is 14.4. The Hall–Kier alpha value is -3.15. The van der Waals surface area contributed by atoms with Gasteiger partial charge in [0.2, 0.25) is 5.95 Å². The highest BCUT2D eigenvalue weighted by Crippen LogP contribution is 2.25. The third-order valence-corrected chi connectivity index (χ3v) is 3.97. The fourth-order valence-corrected chi connectivity index (χ4v) is 2.50. The Bertz CT molecular complexity index is 940. The maximum Gasteiger partial charge on any atom is 0.325 e. The molecule has 0 saturated heterocycles. The van der Waals surface area contributed by atoms with Crippen molar-refractivity contribution < 1.29 is 9.90 Å². The lowest BCUT2D eigenvalue weighted by atomic mass is 10.1. The van der Waals surface area contributed by atoms with Gasteiger partial charge in [-0.1, -0.05) is 24.3 Å². The van der Waals surface area contributed by atoms with Gasteiger partial charge >= 0.3 is 5.97 Å². The molecule has 6 heteroatoms. The number of fused-ring (bicyclic) bond motifs is 1. The number of para-hydroxylation sites is 1. The zero-order valence-electron chi connectivity index (χ0n) is 14.4. The van der Waals surface area contributed by atoms with Gasteiger partial charge in [0.1, 0.15) is 11.9 Å². The smallest absolute Gasteiger partial charge is 0.325 e. The molecule has 0 saturated carbocycles. The minimum Gasteiger partial charge on any atom is -0.480 e. The molecule has 1 unspecified atom stereocenters. The van der Waals surface area contributed by atoms with Gasteiger partial charge in [-0.25, -0.2) is 4.98 Å². The molecule has 1 atom stereocenters. The molecule has 0 amide bonds. The summed E-state index contributed by atoms with van der Waals surface area (Å²) in [4.78, 5) is 20.2. The number of rotatable bonds is 5. The zero-order chi connectivity index (χ0) is 18.0. The largest absolute Gasteiger partial charge is 0.480 e. The van der Waals surface area contributed by atoms with Gasteiger partial charge in [-0.15, -0.1) is 0 Å². The van der Waals surface area contributed by atoms with E-state index in [1.165, 1.54) is 0 Å². The molecule has 1 heterocycles. The fraction of sp³-hybridized carbons (Fsp3) is 0.211. The van der Waals surface area contributed by atoms with E-state index in [1.54, 1.807) is 6.92 Å². The highest BCUT2D eigenvalue weighted by molar-refractivity contribution is 5.92. The van der Waals surface area contributed by atoms with Gasteiger partial charge in [0.25, 0.3) is 0 Å². The van der Waals surface area contributed by atoms with E-state index < -0.39 is 12.0 Å². The molecule has 0 aliphatic carbocycles. The van der Waals surface area contributed by atoms with Gasteiger partial charge in [0, 0.05) is 11.1 Å². The van der Waals surface area contributed by atoms with Crippen molar-refractivity contribution in [2.24, 2.45) is 0 Å². The second-order valence-electron chi connectivity index (χ2n) is 6.06. The molecule has 0 aliphatic heterocycles. The summed E-state index contributed by atoms with van der Waals surface area (Å²) in [5.41, 5.74) is 3.88. The van der Waals surface area contributed by atoms with E-state index in [0.29, 0.717) is 11.8 Å². The summed E-state index contributed by atoms with van der Waals surface area (Å²) in [6.45, 7) is 5.61. The Kier molecular flexibility index (Phi) is 4.52. The first-order chi connectivity index (χ1) is 11.9. The van der Waals surface area contributed by atoms with Crippen LogP contribution in [0.25, 0.3) is 10.9 Å². The lowest BCUT2D eigenvalue weighted by molar-refractivity contribution is -0.137. The van der Waals surface area contributed by atoms with E-state index >= 15 is 0 Å². The molecule has 3 aromatic rings. The summed E-state index contributed by atoms with van der Waals surface area (Å²) in [7, 11) is 0.